The summed E-state index contributed by atoms with van der Waals surface area (Å²) in [6.07, 6.45) is 8.17. The minimum atomic E-state index is 0.0309. The van der Waals surface area contributed by atoms with Gasteiger partial charge >= 0.3 is 0 Å². The molecule has 4 nitrogen and oxygen atoms in total. The topological polar surface area (TPSA) is 55.1 Å². The Kier molecular flexibility index (Phi) is 6.00. The number of amides is 1. The molecule has 1 amide bonds. The number of hydrogen-bond acceptors (Lipinski definition) is 4. The normalized spacial score (nSPS) is 27.7. The Bertz CT molecular complexity index is 1170. The summed E-state index contributed by atoms with van der Waals surface area (Å²) in [5.41, 5.74) is 2.87. The van der Waals surface area contributed by atoms with Gasteiger partial charge < -0.3 is 9.73 Å². The van der Waals surface area contributed by atoms with Crippen LogP contribution < -0.4 is 5.32 Å². The zero-order valence-electron chi connectivity index (χ0n) is 20.6. The van der Waals surface area contributed by atoms with Crippen LogP contribution in [0, 0.1) is 30.1 Å². The van der Waals surface area contributed by atoms with Crippen molar-refractivity contribution in [2.24, 2.45) is 23.2 Å². The lowest BCUT2D eigenvalue weighted by atomic mass is 9.48. The van der Waals surface area contributed by atoms with E-state index < -0.39 is 0 Å². The fourth-order valence-electron chi connectivity index (χ4n) is 7.26. The highest BCUT2D eigenvalue weighted by atomic mass is 32.2. The molecule has 4 aliphatic rings. The van der Waals surface area contributed by atoms with Crippen molar-refractivity contribution < 1.29 is 9.21 Å². The summed E-state index contributed by atoms with van der Waals surface area (Å²) in [6, 6.07) is 18.2. The van der Waals surface area contributed by atoms with Crippen LogP contribution in [-0.2, 0) is 5.75 Å². The van der Waals surface area contributed by atoms with Gasteiger partial charge in [0.15, 0.2) is 0 Å². The van der Waals surface area contributed by atoms with Crippen molar-refractivity contribution in [3.63, 3.8) is 0 Å². The maximum Gasteiger partial charge on any atom is 0.251 e. The standard InChI is InChI=1S/C30H34N2O2S/c1-19-27(18-35-26-6-4-3-5-7-26)32-29(34-19)25-10-8-24(9-11-25)28(33)31-20(2)30-15-21-12-22(16-30)14-23(13-21)17-30/h3-11,20-23H,12-18H2,1-2H3,(H,31,33)/t20-,21?,22?,23?,30?/m0/s1. The van der Waals surface area contributed by atoms with E-state index in [2.05, 4.69) is 24.4 Å². The van der Waals surface area contributed by atoms with Crippen molar-refractivity contribution in [3.05, 3.63) is 71.6 Å². The molecule has 5 heteroatoms. The Morgan fingerprint density at radius 1 is 1.03 bits per heavy atom. The Morgan fingerprint density at radius 2 is 1.66 bits per heavy atom. The number of oxazole rings is 1. The third kappa shape index (κ3) is 4.55. The largest absolute Gasteiger partial charge is 0.441 e. The first-order valence-electron chi connectivity index (χ1n) is 13.0. The van der Waals surface area contributed by atoms with Gasteiger partial charge in [0.05, 0.1) is 5.69 Å². The van der Waals surface area contributed by atoms with E-state index in [1.54, 1.807) is 11.8 Å². The lowest BCUT2D eigenvalue weighted by Gasteiger charge is -2.59. The van der Waals surface area contributed by atoms with Gasteiger partial charge in [-0.2, -0.15) is 0 Å². The molecule has 35 heavy (non-hydrogen) atoms. The molecule has 4 fully saturated rings. The fourth-order valence-corrected chi connectivity index (χ4v) is 8.18. The molecule has 1 N–H and O–H groups in total. The third-order valence-corrected chi connectivity index (χ3v) is 9.78. The quantitative estimate of drug-likeness (QED) is 0.357. The molecule has 0 aliphatic heterocycles. The van der Waals surface area contributed by atoms with E-state index in [1.165, 1.54) is 43.4 Å². The van der Waals surface area contributed by atoms with Crippen LogP contribution in [0.15, 0.2) is 63.9 Å². The Balaban J connectivity index is 1.10. The number of carbonyl (C=O) groups excluding carboxylic acids is 1. The molecule has 2 aromatic carbocycles. The van der Waals surface area contributed by atoms with Crippen LogP contribution in [0.5, 0.6) is 0 Å². The van der Waals surface area contributed by atoms with Crippen LogP contribution in [0.4, 0.5) is 0 Å². The molecule has 0 spiro atoms. The van der Waals surface area contributed by atoms with Gasteiger partial charge in [-0.3, -0.25) is 4.79 Å². The number of rotatable bonds is 7. The predicted octanol–water partition coefficient (Wildman–Crippen LogP) is 7.28. The first-order chi connectivity index (χ1) is 17.0. The van der Waals surface area contributed by atoms with E-state index in [0.717, 1.165) is 40.5 Å². The first kappa shape index (κ1) is 22.9. The molecular formula is C30H34N2O2S. The molecule has 1 heterocycles. The summed E-state index contributed by atoms with van der Waals surface area (Å²) in [5.74, 6) is 4.92. The van der Waals surface area contributed by atoms with E-state index in [-0.39, 0.29) is 11.9 Å². The SMILES string of the molecule is Cc1oc(-c2ccc(C(=O)N[C@@H](C)C34CC5CC(CC(C5)C3)C4)cc2)nc1CSc1ccccc1. The summed E-state index contributed by atoms with van der Waals surface area (Å²) in [5, 5.41) is 3.38. The second-order valence-corrected chi connectivity index (χ2v) is 12.2. The van der Waals surface area contributed by atoms with Crippen LogP contribution >= 0.6 is 11.8 Å². The number of nitrogens with zero attached hydrogens (tertiary/aromatic N) is 1. The monoisotopic (exact) mass is 486 g/mol. The summed E-state index contributed by atoms with van der Waals surface area (Å²) < 4.78 is 5.97. The summed E-state index contributed by atoms with van der Waals surface area (Å²) >= 11 is 1.75. The van der Waals surface area contributed by atoms with Crippen molar-refractivity contribution in [1.29, 1.82) is 0 Å². The van der Waals surface area contributed by atoms with Crippen LogP contribution in [0.25, 0.3) is 11.5 Å². The van der Waals surface area contributed by atoms with Crippen LogP contribution in [0.1, 0.15) is 67.3 Å². The number of carbonyl (C=O) groups is 1. The molecule has 0 unspecified atom stereocenters. The summed E-state index contributed by atoms with van der Waals surface area (Å²) in [7, 11) is 0. The van der Waals surface area contributed by atoms with Crippen molar-refractivity contribution in [3.8, 4) is 11.5 Å². The first-order valence-corrected chi connectivity index (χ1v) is 14.0. The number of thioether (sulfide) groups is 1. The maximum absolute atomic E-state index is 13.1. The minimum Gasteiger partial charge on any atom is -0.441 e. The van der Waals surface area contributed by atoms with Gasteiger partial charge in [-0.1, -0.05) is 18.2 Å². The highest BCUT2D eigenvalue weighted by Crippen LogP contribution is 2.61. The van der Waals surface area contributed by atoms with E-state index >= 15 is 0 Å². The number of benzene rings is 2. The van der Waals surface area contributed by atoms with Gasteiger partial charge in [0.2, 0.25) is 5.89 Å². The molecule has 1 atom stereocenters. The Morgan fingerprint density at radius 3 is 2.29 bits per heavy atom. The third-order valence-electron chi connectivity index (χ3n) is 8.76. The van der Waals surface area contributed by atoms with E-state index in [9.17, 15) is 4.79 Å². The molecule has 1 aromatic heterocycles. The average molecular weight is 487 g/mol. The summed E-state index contributed by atoms with van der Waals surface area (Å²) in [4.78, 5) is 19.1. The van der Waals surface area contributed by atoms with Crippen LogP contribution in [0.2, 0.25) is 0 Å². The molecule has 4 saturated carbocycles. The van der Waals surface area contributed by atoms with Gasteiger partial charge in [-0.05, 0) is 112 Å². The lowest BCUT2D eigenvalue weighted by molar-refractivity contribution is -0.0688. The molecule has 4 bridgehead atoms. The molecule has 182 valence electrons. The lowest BCUT2D eigenvalue weighted by Crippen LogP contribution is -2.55. The van der Waals surface area contributed by atoms with Gasteiger partial charge in [0.1, 0.15) is 5.76 Å². The fraction of sp³-hybridized carbons (Fsp3) is 0.467. The molecule has 3 aromatic rings. The smallest absolute Gasteiger partial charge is 0.251 e. The van der Waals surface area contributed by atoms with Crippen molar-refractivity contribution >= 4 is 17.7 Å². The minimum absolute atomic E-state index is 0.0309. The average Bonchev–Trinajstić information content (AvgIpc) is 3.23. The zero-order chi connectivity index (χ0) is 24.0. The number of hydrogen-bond donors (Lipinski definition) is 1. The molecular weight excluding hydrogens is 452 g/mol. The van der Waals surface area contributed by atoms with Gasteiger partial charge in [0.25, 0.3) is 5.91 Å². The van der Waals surface area contributed by atoms with Gasteiger partial charge in [-0.15, -0.1) is 11.8 Å². The second-order valence-electron chi connectivity index (χ2n) is 11.2. The zero-order valence-corrected chi connectivity index (χ0v) is 21.4. The number of aryl methyl sites for hydroxylation is 1. The highest BCUT2D eigenvalue weighted by molar-refractivity contribution is 7.98. The number of nitrogens with one attached hydrogen (secondary N) is 1. The highest BCUT2D eigenvalue weighted by Gasteiger charge is 2.53. The van der Waals surface area contributed by atoms with Crippen molar-refractivity contribution in [2.75, 3.05) is 0 Å². The van der Waals surface area contributed by atoms with Crippen molar-refractivity contribution in [2.45, 2.75) is 69.1 Å². The van der Waals surface area contributed by atoms with Crippen molar-refractivity contribution in [1.82, 2.24) is 10.3 Å². The Labute approximate surface area is 212 Å². The molecule has 7 rings (SSSR count). The van der Waals surface area contributed by atoms with Gasteiger partial charge in [-0.25, -0.2) is 4.98 Å². The molecule has 0 radical (unpaired) electrons. The van der Waals surface area contributed by atoms with Crippen LogP contribution in [-0.4, -0.2) is 16.9 Å². The second kappa shape index (κ2) is 9.16. The van der Waals surface area contributed by atoms with E-state index in [1.807, 2.05) is 49.4 Å². The van der Waals surface area contributed by atoms with Crippen LogP contribution in [0.3, 0.4) is 0 Å². The van der Waals surface area contributed by atoms with E-state index in [4.69, 9.17) is 9.40 Å². The Hall–Kier alpha value is -2.53. The molecule has 4 aliphatic carbocycles. The summed E-state index contributed by atoms with van der Waals surface area (Å²) in [6.45, 7) is 4.20. The predicted molar refractivity (Wildman–Crippen MR) is 140 cm³/mol. The van der Waals surface area contributed by atoms with E-state index in [0.29, 0.717) is 16.9 Å². The molecule has 0 saturated heterocycles. The van der Waals surface area contributed by atoms with Gasteiger partial charge in [0, 0.05) is 27.8 Å². The maximum atomic E-state index is 13.1. The number of aromatic nitrogens is 1.